The topological polar surface area (TPSA) is 120 Å². The van der Waals surface area contributed by atoms with Crippen molar-refractivity contribution < 1.29 is 24.6 Å². The van der Waals surface area contributed by atoms with Crippen LogP contribution in [0.25, 0.3) is 0 Å². The summed E-state index contributed by atoms with van der Waals surface area (Å²) >= 11 is 0. The van der Waals surface area contributed by atoms with Crippen molar-refractivity contribution in [3.05, 3.63) is 34.2 Å². The number of amides is 2. The largest absolute Gasteiger partial charge is 0.483 e. The molecule has 4 heterocycles. The minimum atomic E-state index is -0.595. The lowest BCUT2D eigenvalue weighted by Gasteiger charge is -2.47. The average Bonchev–Trinajstić information content (AvgIpc) is 2.69. The number of aliphatic hydroxyl groups is 1. The van der Waals surface area contributed by atoms with Gasteiger partial charge in [0, 0.05) is 56.7 Å². The quantitative estimate of drug-likeness (QED) is 0.637. The zero-order chi connectivity index (χ0) is 21.1. The summed E-state index contributed by atoms with van der Waals surface area (Å²) in [7, 11) is 0. The van der Waals surface area contributed by atoms with Crippen molar-refractivity contribution >= 4 is 18.3 Å². The average molecular weight is 405 g/mol. The van der Waals surface area contributed by atoms with Gasteiger partial charge >= 0.3 is 0 Å². The molecular formula is C20H27N3O6. The first-order valence-electron chi connectivity index (χ1n) is 9.89. The summed E-state index contributed by atoms with van der Waals surface area (Å²) < 4.78 is 1.65. The van der Waals surface area contributed by atoms with Crippen LogP contribution in [-0.4, -0.2) is 75.1 Å². The van der Waals surface area contributed by atoms with Crippen LogP contribution < -0.4 is 5.56 Å². The zero-order valence-corrected chi connectivity index (χ0v) is 16.4. The number of carbonyl (C=O) groups excluding carboxylic acids is 2. The van der Waals surface area contributed by atoms with Crippen LogP contribution in [0.5, 0.6) is 0 Å². The van der Waals surface area contributed by atoms with Crippen molar-refractivity contribution in [2.24, 2.45) is 5.92 Å². The molecule has 1 aromatic heterocycles. The smallest absolute Gasteiger partial charge is 0.290 e. The van der Waals surface area contributed by atoms with Gasteiger partial charge < -0.3 is 20.0 Å². The van der Waals surface area contributed by atoms with Gasteiger partial charge in [0.05, 0.1) is 6.10 Å². The first-order valence-corrected chi connectivity index (χ1v) is 9.89. The second-order valence-corrected chi connectivity index (χ2v) is 7.91. The van der Waals surface area contributed by atoms with Gasteiger partial charge in [0.15, 0.2) is 0 Å². The van der Waals surface area contributed by atoms with Gasteiger partial charge in [-0.15, -0.1) is 0 Å². The lowest BCUT2D eigenvalue weighted by Crippen LogP contribution is -2.56. The number of likely N-dealkylation sites (tertiary alicyclic amines) is 2. The second kappa shape index (κ2) is 8.77. The van der Waals surface area contributed by atoms with Crippen LogP contribution in [0.3, 0.4) is 0 Å². The highest BCUT2D eigenvalue weighted by Crippen LogP contribution is 2.42. The Morgan fingerprint density at radius 2 is 1.90 bits per heavy atom. The molecule has 0 saturated carbocycles. The molecule has 0 aromatic carbocycles. The van der Waals surface area contributed by atoms with Crippen molar-refractivity contribution in [2.75, 3.05) is 26.2 Å². The number of rotatable bonds is 1. The number of fused-ring (bicyclic) bond motifs is 4. The van der Waals surface area contributed by atoms with Gasteiger partial charge in [0.25, 0.3) is 12.0 Å². The molecule has 0 aliphatic carbocycles. The van der Waals surface area contributed by atoms with Crippen LogP contribution in [0.1, 0.15) is 43.8 Å². The summed E-state index contributed by atoms with van der Waals surface area (Å²) in [5.41, 5.74) is 0.681. The van der Waals surface area contributed by atoms with Gasteiger partial charge in [-0.05, 0) is 25.3 Å². The van der Waals surface area contributed by atoms with E-state index in [-0.39, 0.29) is 35.7 Å². The molecule has 0 radical (unpaired) electrons. The molecule has 29 heavy (non-hydrogen) atoms. The molecule has 2 bridgehead atoms. The van der Waals surface area contributed by atoms with Crippen molar-refractivity contribution in [3.8, 4) is 0 Å². The number of pyridine rings is 1. The van der Waals surface area contributed by atoms with Gasteiger partial charge in [0.1, 0.15) is 6.04 Å². The fraction of sp³-hybridized carbons (Fsp3) is 0.600. The van der Waals surface area contributed by atoms with E-state index < -0.39 is 12.1 Å². The summed E-state index contributed by atoms with van der Waals surface area (Å²) in [5, 5.41) is 16.8. The highest BCUT2D eigenvalue weighted by molar-refractivity contribution is 5.82. The molecule has 4 rings (SSSR count). The van der Waals surface area contributed by atoms with E-state index in [4.69, 9.17) is 9.90 Å². The molecule has 2 saturated heterocycles. The SMILES string of the molecule is CC(=O)N1C[C@H]2C[C@@H](C1)[C@H](C(=O)N1CCC[C@H](O)C1)n1c2cccc1=O.O=CO. The fourth-order valence-corrected chi connectivity index (χ4v) is 4.85. The van der Waals surface area contributed by atoms with E-state index in [0.29, 0.717) is 32.6 Å². The predicted octanol–water partition coefficient (Wildman–Crippen LogP) is 0.0391. The lowest BCUT2D eigenvalue weighted by atomic mass is 9.77. The Kier molecular flexibility index (Phi) is 6.36. The van der Waals surface area contributed by atoms with Gasteiger partial charge in [-0.1, -0.05) is 6.07 Å². The summed E-state index contributed by atoms with van der Waals surface area (Å²) in [6, 6.07) is 4.53. The van der Waals surface area contributed by atoms with Crippen molar-refractivity contribution in [1.29, 1.82) is 0 Å². The van der Waals surface area contributed by atoms with Gasteiger partial charge in [-0.2, -0.15) is 0 Å². The van der Waals surface area contributed by atoms with Crippen LogP contribution in [0.15, 0.2) is 23.0 Å². The normalized spacial score (nSPS) is 27.9. The first kappa shape index (κ1) is 21.0. The summed E-state index contributed by atoms with van der Waals surface area (Å²) in [6.07, 6.45) is 1.77. The number of carbonyl (C=O) groups is 3. The maximum atomic E-state index is 13.3. The minimum Gasteiger partial charge on any atom is -0.483 e. The number of carboxylic acid groups (broad SMARTS) is 1. The lowest BCUT2D eigenvalue weighted by molar-refractivity contribution is -0.144. The maximum Gasteiger partial charge on any atom is 0.290 e. The monoisotopic (exact) mass is 405 g/mol. The third kappa shape index (κ3) is 4.19. The molecule has 0 unspecified atom stereocenters. The van der Waals surface area contributed by atoms with E-state index in [2.05, 4.69) is 0 Å². The number of aromatic nitrogens is 1. The van der Waals surface area contributed by atoms with Crippen molar-refractivity contribution in [2.45, 2.75) is 44.2 Å². The molecule has 1 aromatic rings. The van der Waals surface area contributed by atoms with E-state index in [1.807, 2.05) is 6.07 Å². The number of piperidine rings is 2. The van der Waals surface area contributed by atoms with Crippen LogP contribution >= 0.6 is 0 Å². The third-order valence-electron chi connectivity index (χ3n) is 6.05. The molecule has 4 atom stereocenters. The molecule has 3 aliphatic heterocycles. The number of β-amino-alcohol motifs (C(OH)–C–C–N with tert-alkyl or cyclic N) is 1. The van der Waals surface area contributed by atoms with E-state index in [0.717, 1.165) is 18.5 Å². The van der Waals surface area contributed by atoms with Gasteiger partial charge in [0.2, 0.25) is 11.8 Å². The molecular weight excluding hydrogens is 378 g/mol. The molecule has 2 amide bonds. The van der Waals surface area contributed by atoms with Crippen LogP contribution in [0, 0.1) is 5.92 Å². The van der Waals surface area contributed by atoms with Crippen LogP contribution in [0.2, 0.25) is 0 Å². The van der Waals surface area contributed by atoms with E-state index in [1.54, 1.807) is 27.4 Å². The Morgan fingerprint density at radius 1 is 1.17 bits per heavy atom. The molecule has 2 N–H and O–H groups in total. The van der Waals surface area contributed by atoms with E-state index in [9.17, 15) is 19.5 Å². The zero-order valence-electron chi connectivity index (χ0n) is 16.4. The van der Waals surface area contributed by atoms with Gasteiger partial charge in [-0.3, -0.25) is 23.7 Å². The summed E-state index contributed by atoms with van der Waals surface area (Å²) in [6.45, 7) is 3.32. The number of hydrogen-bond acceptors (Lipinski definition) is 5. The Balaban J connectivity index is 0.000000755. The van der Waals surface area contributed by atoms with Crippen molar-refractivity contribution in [3.63, 3.8) is 0 Å². The highest BCUT2D eigenvalue weighted by Gasteiger charge is 2.45. The number of nitrogens with zero attached hydrogens (tertiary/aromatic N) is 3. The Hall–Kier alpha value is -2.68. The Bertz CT molecular complexity index is 838. The highest BCUT2D eigenvalue weighted by atomic mass is 16.3. The first-order chi connectivity index (χ1) is 13.9. The molecule has 2 fully saturated rings. The summed E-state index contributed by atoms with van der Waals surface area (Å²) in [5.74, 6) is -0.0856. The van der Waals surface area contributed by atoms with Gasteiger partial charge in [-0.25, -0.2) is 0 Å². The third-order valence-corrected chi connectivity index (χ3v) is 6.05. The summed E-state index contributed by atoms with van der Waals surface area (Å²) in [4.78, 5) is 49.8. The van der Waals surface area contributed by atoms with E-state index >= 15 is 0 Å². The minimum absolute atomic E-state index is 0.00558. The molecule has 9 nitrogen and oxygen atoms in total. The molecule has 3 aliphatic rings. The van der Waals surface area contributed by atoms with E-state index in [1.165, 1.54) is 6.07 Å². The second-order valence-electron chi connectivity index (χ2n) is 7.91. The van der Waals surface area contributed by atoms with Crippen LogP contribution in [0.4, 0.5) is 0 Å². The Labute approximate surface area is 168 Å². The molecule has 0 spiro atoms. The molecule has 9 heteroatoms. The number of hydrogen-bond donors (Lipinski definition) is 2. The fourth-order valence-electron chi connectivity index (χ4n) is 4.85. The van der Waals surface area contributed by atoms with Crippen LogP contribution in [-0.2, 0) is 14.4 Å². The molecule has 158 valence electrons. The maximum absolute atomic E-state index is 13.3. The Morgan fingerprint density at radius 3 is 2.55 bits per heavy atom. The van der Waals surface area contributed by atoms with Crippen molar-refractivity contribution in [1.82, 2.24) is 14.4 Å². The predicted molar refractivity (Wildman–Crippen MR) is 103 cm³/mol. The standard InChI is InChI=1S/C19H25N3O4.CH2O2/c1-12(23)21-9-13-8-14(10-21)18(22-16(13)5-2-6-17(22)25)19(26)20-7-3-4-15(24)11-20;2-1-3/h2,5-6,13-15,18,24H,3-4,7-11H2,1H3;1H,(H,2,3)/t13-,14+,15+,18-;/m1./s1. The number of aliphatic hydroxyl groups excluding tert-OH is 1.